The van der Waals surface area contributed by atoms with Crippen molar-refractivity contribution in [2.24, 2.45) is 7.05 Å². The zero-order valence-electron chi connectivity index (χ0n) is 9.30. The first-order valence-corrected chi connectivity index (χ1v) is 6.18. The van der Waals surface area contributed by atoms with Gasteiger partial charge in [0.25, 0.3) is 0 Å². The van der Waals surface area contributed by atoms with Crippen LogP contribution in [-0.2, 0) is 13.5 Å². The van der Waals surface area contributed by atoms with Gasteiger partial charge in [-0.25, -0.2) is 0 Å². The summed E-state index contributed by atoms with van der Waals surface area (Å²) in [6.07, 6.45) is 0.958. The van der Waals surface area contributed by atoms with Gasteiger partial charge in [-0.2, -0.15) is 5.10 Å². The van der Waals surface area contributed by atoms with E-state index in [-0.39, 0.29) is 0 Å². The van der Waals surface area contributed by atoms with Crippen LogP contribution in [0.1, 0.15) is 5.56 Å². The molecular formula is C12H11Cl2N3. The van der Waals surface area contributed by atoms with Crippen molar-refractivity contribution in [3.8, 4) is 11.3 Å². The Balaban J connectivity index is 2.26. The minimum absolute atomic E-state index is 0.644. The molecule has 3 nitrogen and oxygen atoms in total. The SMILES string of the molecule is Cn1nc(-c2c(Cl)cccc2Cl)c2c1NCC2. The summed E-state index contributed by atoms with van der Waals surface area (Å²) in [6, 6.07) is 5.52. The van der Waals surface area contributed by atoms with Crippen LogP contribution in [0.2, 0.25) is 10.0 Å². The molecule has 0 saturated carbocycles. The number of halogens is 2. The van der Waals surface area contributed by atoms with Crippen molar-refractivity contribution in [3.63, 3.8) is 0 Å². The van der Waals surface area contributed by atoms with Crippen molar-refractivity contribution in [1.82, 2.24) is 9.78 Å². The maximum absolute atomic E-state index is 6.22. The summed E-state index contributed by atoms with van der Waals surface area (Å²) >= 11 is 12.4. The minimum atomic E-state index is 0.644. The zero-order chi connectivity index (χ0) is 12.0. The highest BCUT2D eigenvalue weighted by Crippen LogP contribution is 2.39. The third-order valence-corrected chi connectivity index (χ3v) is 3.64. The second-order valence-corrected chi connectivity index (χ2v) is 4.89. The molecule has 1 aromatic carbocycles. The number of aryl methyl sites for hydroxylation is 1. The highest BCUT2D eigenvalue weighted by Gasteiger charge is 2.24. The number of anilines is 1. The van der Waals surface area contributed by atoms with E-state index in [1.165, 1.54) is 5.56 Å². The molecule has 0 bridgehead atoms. The monoisotopic (exact) mass is 267 g/mol. The summed E-state index contributed by atoms with van der Waals surface area (Å²) in [4.78, 5) is 0. The Morgan fingerprint density at radius 3 is 2.71 bits per heavy atom. The van der Waals surface area contributed by atoms with Crippen LogP contribution in [0, 0.1) is 0 Å². The number of hydrogen-bond donors (Lipinski definition) is 1. The molecule has 0 atom stereocenters. The second-order valence-electron chi connectivity index (χ2n) is 4.07. The van der Waals surface area contributed by atoms with Gasteiger partial charge in [0.2, 0.25) is 0 Å². The van der Waals surface area contributed by atoms with Gasteiger partial charge in [-0.1, -0.05) is 29.3 Å². The zero-order valence-corrected chi connectivity index (χ0v) is 10.8. The van der Waals surface area contributed by atoms with E-state index in [1.54, 1.807) is 0 Å². The van der Waals surface area contributed by atoms with E-state index in [0.717, 1.165) is 30.0 Å². The molecule has 0 aliphatic carbocycles. The molecule has 3 rings (SSSR count). The molecule has 17 heavy (non-hydrogen) atoms. The van der Waals surface area contributed by atoms with Gasteiger partial charge in [0.15, 0.2) is 0 Å². The molecule has 2 aromatic rings. The van der Waals surface area contributed by atoms with Crippen molar-refractivity contribution < 1.29 is 0 Å². The number of aromatic nitrogens is 2. The topological polar surface area (TPSA) is 29.9 Å². The Morgan fingerprint density at radius 2 is 2.00 bits per heavy atom. The first-order chi connectivity index (χ1) is 8.18. The maximum atomic E-state index is 6.22. The molecule has 88 valence electrons. The Morgan fingerprint density at radius 1 is 1.29 bits per heavy atom. The smallest absolute Gasteiger partial charge is 0.127 e. The van der Waals surface area contributed by atoms with Gasteiger partial charge in [-0.15, -0.1) is 0 Å². The summed E-state index contributed by atoms with van der Waals surface area (Å²) in [5.74, 6) is 1.07. The fraction of sp³-hybridized carbons (Fsp3) is 0.250. The average molecular weight is 268 g/mol. The molecule has 0 fully saturated rings. The quantitative estimate of drug-likeness (QED) is 0.859. The van der Waals surface area contributed by atoms with E-state index in [1.807, 2.05) is 29.9 Å². The van der Waals surface area contributed by atoms with Crippen LogP contribution < -0.4 is 5.32 Å². The third kappa shape index (κ3) is 1.61. The standard InChI is InChI=1S/C12H11Cl2N3/c1-17-12-7(5-6-15-12)11(16-17)10-8(13)3-2-4-9(10)14/h2-4,15H,5-6H2,1H3. The predicted molar refractivity (Wildman–Crippen MR) is 70.9 cm³/mol. The second kappa shape index (κ2) is 3.93. The van der Waals surface area contributed by atoms with Crippen LogP contribution in [-0.4, -0.2) is 16.3 Å². The highest BCUT2D eigenvalue weighted by molar-refractivity contribution is 6.39. The molecule has 1 aliphatic heterocycles. The molecule has 2 heterocycles. The molecule has 1 N–H and O–H groups in total. The van der Waals surface area contributed by atoms with E-state index in [0.29, 0.717) is 10.0 Å². The summed E-state index contributed by atoms with van der Waals surface area (Å²) in [5.41, 5.74) is 2.92. The first-order valence-electron chi connectivity index (χ1n) is 5.42. The maximum Gasteiger partial charge on any atom is 0.127 e. The average Bonchev–Trinajstić information content (AvgIpc) is 2.84. The fourth-order valence-electron chi connectivity index (χ4n) is 2.26. The highest BCUT2D eigenvalue weighted by atomic mass is 35.5. The van der Waals surface area contributed by atoms with Crippen molar-refractivity contribution >= 4 is 29.0 Å². The van der Waals surface area contributed by atoms with Crippen molar-refractivity contribution in [2.75, 3.05) is 11.9 Å². The number of nitrogens with zero attached hydrogens (tertiary/aromatic N) is 2. The molecule has 0 spiro atoms. The van der Waals surface area contributed by atoms with E-state index in [2.05, 4.69) is 10.4 Å². The van der Waals surface area contributed by atoms with Crippen LogP contribution in [0.25, 0.3) is 11.3 Å². The van der Waals surface area contributed by atoms with E-state index in [4.69, 9.17) is 23.2 Å². The van der Waals surface area contributed by atoms with Gasteiger partial charge in [-0.3, -0.25) is 4.68 Å². The van der Waals surface area contributed by atoms with E-state index in [9.17, 15) is 0 Å². The molecule has 0 saturated heterocycles. The van der Waals surface area contributed by atoms with Crippen molar-refractivity contribution in [2.45, 2.75) is 6.42 Å². The van der Waals surface area contributed by atoms with Crippen molar-refractivity contribution in [3.05, 3.63) is 33.8 Å². The first kappa shape index (κ1) is 10.9. The lowest BCUT2D eigenvalue weighted by atomic mass is 10.1. The van der Waals surface area contributed by atoms with Crippen molar-refractivity contribution in [1.29, 1.82) is 0 Å². The van der Waals surface area contributed by atoms with Gasteiger partial charge in [0.1, 0.15) is 11.5 Å². The Kier molecular flexibility index (Phi) is 2.53. The summed E-state index contributed by atoms with van der Waals surface area (Å²) in [5, 5.41) is 9.11. The van der Waals surface area contributed by atoms with Gasteiger partial charge in [0.05, 0.1) is 10.0 Å². The van der Waals surface area contributed by atoms with E-state index < -0.39 is 0 Å². The Labute approximate surface area is 109 Å². The number of benzene rings is 1. The molecular weight excluding hydrogens is 257 g/mol. The third-order valence-electron chi connectivity index (χ3n) is 3.01. The molecule has 0 amide bonds. The number of hydrogen-bond acceptors (Lipinski definition) is 2. The van der Waals surface area contributed by atoms with Crippen LogP contribution in [0.5, 0.6) is 0 Å². The van der Waals surface area contributed by atoms with Crippen LogP contribution in [0.4, 0.5) is 5.82 Å². The predicted octanol–water partition coefficient (Wildman–Crippen LogP) is 3.36. The van der Waals surface area contributed by atoms with Crippen LogP contribution >= 0.6 is 23.2 Å². The van der Waals surface area contributed by atoms with Gasteiger partial charge in [-0.05, 0) is 18.6 Å². The number of fused-ring (bicyclic) bond motifs is 1. The Bertz CT molecular complexity index is 569. The summed E-state index contributed by atoms with van der Waals surface area (Å²) < 4.78 is 1.84. The summed E-state index contributed by atoms with van der Waals surface area (Å²) in [7, 11) is 1.92. The Hall–Kier alpha value is -1.19. The van der Waals surface area contributed by atoms with Gasteiger partial charge in [0, 0.05) is 24.7 Å². The van der Waals surface area contributed by atoms with Crippen LogP contribution in [0.3, 0.4) is 0 Å². The molecule has 1 aliphatic rings. The van der Waals surface area contributed by atoms with E-state index >= 15 is 0 Å². The number of nitrogens with one attached hydrogen (secondary N) is 1. The largest absolute Gasteiger partial charge is 0.370 e. The molecule has 0 radical (unpaired) electrons. The molecule has 1 aromatic heterocycles. The van der Waals surface area contributed by atoms with Crippen LogP contribution in [0.15, 0.2) is 18.2 Å². The minimum Gasteiger partial charge on any atom is -0.370 e. The number of rotatable bonds is 1. The molecule has 0 unspecified atom stereocenters. The molecule has 5 heteroatoms. The lowest BCUT2D eigenvalue weighted by molar-refractivity contribution is 0.775. The summed E-state index contributed by atoms with van der Waals surface area (Å²) in [6.45, 7) is 0.941. The lowest BCUT2D eigenvalue weighted by Crippen LogP contribution is -2.01. The van der Waals surface area contributed by atoms with Gasteiger partial charge >= 0.3 is 0 Å². The fourth-order valence-corrected chi connectivity index (χ4v) is 2.83. The lowest BCUT2D eigenvalue weighted by Gasteiger charge is -2.05. The van der Waals surface area contributed by atoms with Gasteiger partial charge < -0.3 is 5.32 Å². The normalized spacial score (nSPS) is 13.6.